The lowest BCUT2D eigenvalue weighted by Crippen LogP contribution is -2.31. The van der Waals surface area contributed by atoms with E-state index in [1.807, 2.05) is 62.6 Å². The molecular weight excluding hydrogens is 383 g/mol. The van der Waals surface area contributed by atoms with Crippen LogP contribution >= 0.6 is 24.0 Å². The minimum absolute atomic E-state index is 0. The average Bonchev–Trinajstić information content (AvgIpc) is 2.64. The van der Waals surface area contributed by atoms with E-state index in [4.69, 9.17) is 16.3 Å². The van der Waals surface area contributed by atoms with Gasteiger partial charge >= 0.3 is 0 Å². The van der Waals surface area contributed by atoms with Crippen LogP contribution in [0, 0.1) is 0 Å². The fourth-order valence-electron chi connectivity index (χ4n) is 2.72. The van der Waals surface area contributed by atoms with E-state index in [1.165, 1.54) is 0 Å². The molecule has 2 aromatic carbocycles. The van der Waals surface area contributed by atoms with Gasteiger partial charge in [0.1, 0.15) is 5.75 Å². The molecule has 0 aliphatic rings. The van der Waals surface area contributed by atoms with Crippen LogP contribution < -0.4 is 10.1 Å². The third-order valence-corrected chi connectivity index (χ3v) is 4.52. The number of hydrogen-bond acceptors (Lipinski definition) is 3. The van der Waals surface area contributed by atoms with Crippen molar-refractivity contribution in [1.82, 2.24) is 10.2 Å². The molecule has 0 spiro atoms. The molecule has 1 atom stereocenters. The van der Waals surface area contributed by atoms with Gasteiger partial charge in [-0.1, -0.05) is 35.9 Å². The molecule has 0 fully saturated rings. The number of amides is 1. The summed E-state index contributed by atoms with van der Waals surface area (Å²) >= 11 is 5.98. The molecule has 27 heavy (non-hydrogen) atoms. The maximum atomic E-state index is 12.5. The Kier molecular flexibility index (Phi) is 10.2. The van der Waals surface area contributed by atoms with E-state index in [0.717, 1.165) is 29.8 Å². The molecule has 0 saturated carbocycles. The number of carbonyl (C=O) groups is 1. The number of nitrogens with one attached hydrogen (secondary N) is 1. The van der Waals surface area contributed by atoms with Crippen molar-refractivity contribution < 1.29 is 9.53 Å². The average molecular weight is 411 g/mol. The summed E-state index contributed by atoms with van der Waals surface area (Å²) in [6.45, 7) is 0.895. The van der Waals surface area contributed by atoms with Gasteiger partial charge in [-0.3, -0.25) is 4.79 Å². The number of ether oxygens (including phenoxy) is 1. The first-order valence-corrected chi connectivity index (χ1v) is 9.18. The van der Waals surface area contributed by atoms with E-state index < -0.39 is 0 Å². The number of hydrogen-bond donors (Lipinski definition) is 1. The van der Waals surface area contributed by atoms with Gasteiger partial charge in [-0.15, -0.1) is 12.4 Å². The number of methoxy groups -OCH3 is 1. The Labute approximate surface area is 173 Å². The maximum Gasteiger partial charge on any atom is 0.220 e. The van der Waals surface area contributed by atoms with Crippen molar-refractivity contribution in [1.29, 1.82) is 0 Å². The van der Waals surface area contributed by atoms with Gasteiger partial charge in [0.15, 0.2) is 0 Å². The zero-order chi connectivity index (χ0) is 18.9. The monoisotopic (exact) mass is 410 g/mol. The molecule has 6 heteroatoms. The van der Waals surface area contributed by atoms with Gasteiger partial charge in [0.25, 0.3) is 0 Å². The number of nitrogens with zero attached hydrogens (tertiary/aromatic N) is 1. The van der Waals surface area contributed by atoms with E-state index in [0.29, 0.717) is 17.9 Å². The van der Waals surface area contributed by atoms with Crippen molar-refractivity contribution in [2.24, 2.45) is 0 Å². The number of aryl methyl sites for hydroxylation is 1. The smallest absolute Gasteiger partial charge is 0.220 e. The fourth-order valence-corrected chi connectivity index (χ4v) is 2.85. The first-order valence-electron chi connectivity index (χ1n) is 8.80. The minimum Gasteiger partial charge on any atom is -0.497 e. The lowest BCUT2D eigenvalue weighted by Gasteiger charge is -2.21. The topological polar surface area (TPSA) is 41.6 Å². The van der Waals surface area contributed by atoms with E-state index in [9.17, 15) is 4.79 Å². The Morgan fingerprint density at radius 2 is 1.74 bits per heavy atom. The lowest BCUT2D eigenvalue weighted by atomic mass is 10.0. The van der Waals surface area contributed by atoms with Crippen molar-refractivity contribution in [2.75, 3.05) is 27.7 Å². The van der Waals surface area contributed by atoms with Crippen LogP contribution in [0.2, 0.25) is 5.02 Å². The molecule has 0 aliphatic carbocycles. The van der Waals surface area contributed by atoms with Gasteiger partial charge in [-0.05, 0) is 68.9 Å². The highest BCUT2D eigenvalue weighted by Gasteiger charge is 2.15. The Bertz CT molecular complexity index is 688. The molecule has 0 saturated heterocycles. The van der Waals surface area contributed by atoms with E-state index in [-0.39, 0.29) is 24.4 Å². The molecule has 0 bridgehead atoms. The number of carbonyl (C=O) groups excluding carboxylic acids is 1. The van der Waals surface area contributed by atoms with Gasteiger partial charge in [0.2, 0.25) is 5.91 Å². The van der Waals surface area contributed by atoms with E-state index >= 15 is 0 Å². The summed E-state index contributed by atoms with van der Waals surface area (Å²) in [5.74, 6) is 0.879. The molecule has 2 rings (SSSR count). The van der Waals surface area contributed by atoms with Crippen LogP contribution in [0.3, 0.4) is 0 Å². The zero-order valence-electron chi connectivity index (χ0n) is 16.1. The van der Waals surface area contributed by atoms with Gasteiger partial charge < -0.3 is 15.0 Å². The normalized spacial score (nSPS) is 11.6. The van der Waals surface area contributed by atoms with Crippen LogP contribution in [0.5, 0.6) is 5.75 Å². The second-order valence-electron chi connectivity index (χ2n) is 6.61. The van der Waals surface area contributed by atoms with Crippen LogP contribution in [-0.4, -0.2) is 38.6 Å². The Morgan fingerprint density at radius 3 is 2.30 bits per heavy atom. The van der Waals surface area contributed by atoms with Crippen molar-refractivity contribution in [2.45, 2.75) is 25.3 Å². The quantitative estimate of drug-likeness (QED) is 0.660. The third kappa shape index (κ3) is 8.21. The van der Waals surface area contributed by atoms with Crippen molar-refractivity contribution in [3.05, 3.63) is 64.7 Å². The SMILES string of the molecule is COc1ccc(CCC(=O)NC(CCN(C)C)c2ccc(Cl)cc2)cc1.Cl. The summed E-state index contributed by atoms with van der Waals surface area (Å²) in [4.78, 5) is 14.6. The minimum atomic E-state index is -0.0157. The highest BCUT2D eigenvalue weighted by Crippen LogP contribution is 2.20. The first kappa shape index (κ1) is 23.3. The molecular formula is C21H28Cl2N2O2. The van der Waals surface area contributed by atoms with Gasteiger partial charge in [0.05, 0.1) is 13.2 Å². The molecule has 0 heterocycles. The standard InChI is InChI=1S/C21H27ClN2O2.ClH/c1-24(2)15-14-20(17-7-9-18(22)10-8-17)23-21(25)13-6-16-4-11-19(26-3)12-5-16;/h4-5,7-12,20H,6,13-15H2,1-3H3,(H,23,25);1H. The molecule has 148 valence electrons. The van der Waals surface area contributed by atoms with Crippen LogP contribution in [0.15, 0.2) is 48.5 Å². The van der Waals surface area contributed by atoms with Gasteiger partial charge in [-0.25, -0.2) is 0 Å². The fraction of sp³-hybridized carbons (Fsp3) is 0.381. The Balaban J connectivity index is 0.00000364. The summed E-state index contributed by atoms with van der Waals surface area (Å²) < 4.78 is 5.16. The summed E-state index contributed by atoms with van der Waals surface area (Å²) in [5, 5.41) is 3.87. The van der Waals surface area contributed by atoms with Crippen LogP contribution in [0.25, 0.3) is 0 Å². The number of halogens is 2. The summed E-state index contributed by atoms with van der Waals surface area (Å²) in [6, 6.07) is 15.5. The zero-order valence-corrected chi connectivity index (χ0v) is 17.6. The summed E-state index contributed by atoms with van der Waals surface area (Å²) in [6.07, 6.45) is 2.01. The molecule has 0 radical (unpaired) electrons. The molecule has 1 unspecified atom stereocenters. The third-order valence-electron chi connectivity index (χ3n) is 4.27. The Morgan fingerprint density at radius 1 is 1.11 bits per heavy atom. The van der Waals surface area contributed by atoms with E-state index in [1.54, 1.807) is 7.11 Å². The van der Waals surface area contributed by atoms with Gasteiger partial charge in [0, 0.05) is 11.4 Å². The number of benzene rings is 2. The van der Waals surface area contributed by atoms with Crippen molar-refractivity contribution in [3.63, 3.8) is 0 Å². The maximum absolute atomic E-state index is 12.5. The lowest BCUT2D eigenvalue weighted by molar-refractivity contribution is -0.121. The first-order chi connectivity index (χ1) is 12.5. The van der Waals surface area contributed by atoms with Crippen molar-refractivity contribution in [3.8, 4) is 5.75 Å². The van der Waals surface area contributed by atoms with E-state index in [2.05, 4.69) is 10.2 Å². The van der Waals surface area contributed by atoms with Crippen LogP contribution in [-0.2, 0) is 11.2 Å². The molecule has 1 N–H and O–H groups in total. The highest BCUT2D eigenvalue weighted by atomic mass is 35.5. The van der Waals surface area contributed by atoms with Crippen LogP contribution in [0.1, 0.15) is 30.0 Å². The molecule has 4 nitrogen and oxygen atoms in total. The van der Waals surface area contributed by atoms with Crippen LogP contribution in [0.4, 0.5) is 0 Å². The second kappa shape index (κ2) is 11.9. The summed E-state index contributed by atoms with van der Waals surface area (Å²) in [5.41, 5.74) is 2.20. The predicted octanol–water partition coefficient (Wildman–Crippen LogP) is 4.51. The van der Waals surface area contributed by atoms with Crippen molar-refractivity contribution >= 4 is 29.9 Å². The Hall–Kier alpha value is -1.75. The molecule has 2 aromatic rings. The molecule has 0 aromatic heterocycles. The molecule has 1 amide bonds. The second-order valence-corrected chi connectivity index (χ2v) is 7.05. The summed E-state index contributed by atoms with van der Waals surface area (Å²) in [7, 11) is 5.71. The highest BCUT2D eigenvalue weighted by molar-refractivity contribution is 6.30. The largest absolute Gasteiger partial charge is 0.497 e. The van der Waals surface area contributed by atoms with Gasteiger partial charge in [-0.2, -0.15) is 0 Å². The molecule has 0 aliphatic heterocycles. The number of rotatable bonds is 9. The predicted molar refractivity (Wildman–Crippen MR) is 114 cm³/mol.